The van der Waals surface area contributed by atoms with E-state index in [0.29, 0.717) is 0 Å². The standard InChI is InChI=1S/C3H5N3O3S.Na/c4-3-5-1-2(6-3)10(7,8)9;/h1H,(H3,4,5,6)(H,7,8,9);/q;+1/p-1. The van der Waals surface area contributed by atoms with Crippen LogP contribution in [0, 0.1) is 0 Å². The van der Waals surface area contributed by atoms with Crippen LogP contribution >= 0.6 is 0 Å². The van der Waals surface area contributed by atoms with Gasteiger partial charge in [0.15, 0.2) is 5.95 Å². The zero-order valence-electron chi connectivity index (χ0n) is 5.73. The third-order valence-corrected chi connectivity index (χ3v) is 1.59. The van der Waals surface area contributed by atoms with E-state index in [1.165, 1.54) is 0 Å². The maximum absolute atomic E-state index is 10.2. The molecule has 6 nitrogen and oxygen atoms in total. The normalized spacial score (nSPS) is 10.6. The summed E-state index contributed by atoms with van der Waals surface area (Å²) in [5.41, 5.74) is 5.01. The molecule has 11 heavy (non-hydrogen) atoms. The van der Waals surface area contributed by atoms with Gasteiger partial charge in [0.25, 0.3) is 0 Å². The number of nitrogen functional groups attached to an aromatic ring is 1. The molecule has 0 aliphatic carbocycles. The Balaban J connectivity index is 0.000001000. The van der Waals surface area contributed by atoms with Gasteiger partial charge >= 0.3 is 29.6 Å². The molecule has 0 aliphatic heterocycles. The van der Waals surface area contributed by atoms with E-state index in [-0.39, 0.29) is 35.5 Å². The van der Waals surface area contributed by atoms with Crippen molar-refractivity contribution < 1.29 is 42.5 Å². The minimum absolute atomic E-state index is 0. The van der Waals surface area contributed by atoms with Gasteiger partial charge in [-0.15, -0.1) is 0 Å². The van der Waals surface area contributed by atoms with Crippen LogP contribution in [-0.2, 0) is 10.1 Å². The van der Waals surface area contributed by atoms with Crippen molar-refractivity contribution in [2.45, 2.75) is 5.03 Å². The van der Waals surface area contributed by atoms with Crippen LogP contribution in [0.25, 0.3) is 0 Å². The molecule has 0 atom stereocenters. The third-order valence-electron chi connectivity index (χ3n) is 0.841. The Morgan fingerprint density at radius 3 is 2.36 bits per heavy atom. The van der Waals surface area contributed by atoms with Gasteiger partial charge in [0.1, 0.15) is 15.1 Å². The van der Waals surface area contributed by atoms with Gasteiger partial charge in [-0.05, 0) is 0 Å². The van der Waals surface area contributed by atoms with Crippen molar-refractivity contribution in [3.63, 3.8) is 0 Å². The van der Waals surface area contributed by atoms with E-state index in [1.54, 1.807) is 0 Å². The average molecular weight is 185 g/mol. The minimum atomic E-state index is -4.43. The number of aromatic amines is 1. The van der Waals surface area contributed by atoms with E-state index in [2.05, 4.69) is 9.97 Å². The van der Waals surface area contributed by atoms with E-state index >= 15 is 0 Å². The summed E-state index contributed by atoms with van der Waals surface area (Å²) in [6.07, 6.45) is 0.873. The minimum Gasteiger partial charge on any atom is -0.743 e. The average Bonchev–Trinajstić information content (AvgIpc) is 2.11. The number of rotatable bonds is 1. The molecule has 0 saturated carbocycles. The van der Waals surface area contributed by atoms with Crippen LogP contribution in [0.5, 0.6) is 0 Å². The van der Waals surface area contributed by atoms with E-state index in [1.807, 2.05) is 0 Å². The van der Waals surface area contributed by atoms with Gasteiger partial charge in [-0.25, -0.2) is 13.4 Å². The summed E-state index contributed by atoms with van der Waals surface area (Å²) in [5.74, 6) is -0.0885. The molecule has 0 unspecified atom stereocenters. The number of hydrogen-bond donors (Lipinski definition) is 2. The zero-order chi connectivity index (χ0) is 7.78. The van der Waals surface area contributed by atoms with Gasteiger partial charge < -0.3 is 15.3 Å². The molecule has 1 aromatic rings. The first-order valence-electron chi connectivity index (χ1n) is 2.26. The van der Waals surface area contributed by atoms with Gasteiger partial charge in [-0.2, -0.15) is 0 Å². The summed E-state index contributed by atoms with van der Waals surface area (Å²) in [5, 5.41) is -0.509. The van der Waals surface area contributed by atoms with Crippen molar-refractivity contribution in [3.8, 4) is 0 Å². The Morgan fingerprint density at radius 2 is 2.18 bits per heavy atom. The van der Waals surface area contributed by atoms with E-state index < -0.39 is 15.1 Å². The quantitative estimate of drug-likeness (QED) is 0.341. The van der Waals surface area contributed by atoms with Crippen LogP contribution in [0.1, 0.15) is 0 Å². The SMILES string of the molecule is Nc1ncc(S(=O)(=O)[O-])[nH]1.[Na+]. The molecule has 3 N–H and O–H groups in total. The molecule has 0 radical (unpaired) electrons. The number of hydrogen-bond acceptors (Lipinski definition) is 5. The molecule has 56 valence electrons. The maximum atomic E-state index is 10.2. The van der Waals surface area contributed by atoms with Gasteiger partial charge in [-0.1, -0.05) is 0 Å². The van der Waals surface area contributed by atoms with Crippen molar-refractivity contribution in [2.75, 3.05) is 5.73 Å². The second-order valence-electron chi connectivity index (χ2n) is 1.59. The number of nitrogens with one attached hydrogen (secondary N) is 1. The number of H-pyrrole nitrogens is 1. The fourth-order valence-electron chi connectivity index (χ4n) is 0.446. The predicted octanol–water partition coefficient (Wildman–Crippen LogP) is -4.10. The fraction of sp³-hybridized carbons (Fsp3) is 0. The summed E-state index contributed by atoms with van der Waals surface area (Å²) in [4.78, 5) is 5.41. The fourth-order valence-corrected chi connectivity index (χ4v) is 0.857. The van der Waals surface area contributed by atoms with Gasteiger partial charge in [0.05, 0.1) is 6.20 Å². The smallest absolute Gasteiger partial charge is 0.743 e. The summed E-state index contributed by atoms with van der Waals surface area (Å²) >= 11 is 0. The number of nitrogens with zero attached hydrogens (tertiary/aromatic N) is 1. The van der Waals surface area contributed by atoms with Gasteiger partial charge in [-0.3, -0.25) is 0 Å². The van der Waals surface area contributed by atoms with E-state index in [4.69, 9.17) is 5.73 Å². The van der Waals surface area contributed by atoms with E-state index in [9.17, 15) is 13.0 Å². The number of nitrogens with two attached hydrogens (primary N) is 1. The Morgan fingerprint density at radius 1 is 1.64 bits per heavy atom. The summed E-state index contributed by atoms with van der Waals surface area (Å²) < 4.78 is 30.5. The molecular weight excluding hydrogens is 181 g/mol. The first-order chi connectivity index (χ1) is 4.50. The van der Waals surface area contributed by atoms with Crippen molar-refractivity contribution in [1.82, 2.24) is 9.97 Å². The van der Waals surface area contributed by atoms with Crippen LogP contribution in [-0.4, -0.2) is 22.9 Å². The number of imidazole rings is 1. The van der Waals surface area contributed by atoms with Crippen molar-refractivity contribution in [1.29, 1.82) is 0 Å². The Kier molecular flexibility index (Phi) is 3.52. The molecule has 1 heterocycles. The van der Waals surface area contributed by atoms with Crippen LogP contribution in [0.4, 0.5) is 5.95 Å². The molecule has 0 amide bonds. The van der Waals surface area contributed by atoms with Crippen molar-refractivity contribution in [2.24, 2.45) is 0 Å². The van der Waals surface area contributed by atoms with Crippen LogP contribution in [0.15, 0.2) is 11.2 Å². The second-order valence-corrected chi connectivity index (χ2v) is 2.93. The molecule has 0 spiro atoms. The summed E-state index contributed by atoms with van der Waals surface area (Å²) in [7, 11) is -4.43. The predicted molar refractivity (Wildman–Crippen MR) is 31.0 cm³/mol. The molecule has 0 bridgehead atoms. The molecule has 0 aromatic carbocycles. The van der Waals surface area contributed by atoms with Gasteiger partial charge in [0, 0.05) is 0 Å². The summed E-state index contributed by atoms with van der Waals surface area (Å²) in [6.45, 7) is 0. The third kappa shape index (κ3) is 2.80. The topological polar surface area (TPSA) is 112 Å². The van der Waals surface area contributed by atoms with E-state index in [0.717, 1.165) is 6.20 Å². The molecule has 1 rings (SSSR count). The van der Waals surface area contributed by atoms with Crippen molar-refractivity contribution in [3.05, 3.63) is 6.20 Å². The molecular formula is C3H4N3NaO3S. The monoisotopic (exact) mass is 185 g/mol. The number of aromatic nitrogens is 2. The number of anilines is 1. The van der Waals surface area contributed by atoms with Crippen LogP contribution in [0.3, 0.4) is 0 Å². The first-order valence-corrected chi connectivity index (χ1v) is 3.67. The van der Waals surface area contributed by atoms with Gasteiger partial charge in [0.2, 0.25) is 0 Å². The van der Waals surface area contributed by atoms with Crippen LogP contribution in [0.2, 0.25) is 0 Å². The molecule has 8 heteroatoms. The Hall–Kier alpha value is -0.0800. The Labute approximate surface area is 85.2 Å². The van der Waals surface area contributed by atoms with Crippen molar-refractivity contribution >= 4 is 16.1 Å². The molecule has 0 fully saturated rings. The Bertz CT molecular complexity index is 331. The van der Waals surface area contributed by atoms with Crippen LogP contribution < -0.4 is 35.3 Å². The zero-order valence-corrected chi connectivity index (χ0v) is 8.55. The molecule has 1 aromatic heterocycles. The molecule has 0 saturated heterocycles. The molecule has 0 aliphatic rings. The largest absolute Gasteiger partial charge is 1.00 e. The first kappa shape index (κ1) is 10.9. The second kappa shape index (κ2) is 3.55. The maximum Gasteiger partial charge on any atom is 1.00 e. The summed E-state index contributed by atoms with van der Waals surface area (Å²) in [6, 6.07) is 0.